The topological polar surface area (TPSA) is 62.7 Å². The van der Waals surface area contributed by atoms with Crippen LogP contribution in [0, 0.1) is 0 Å². The summed E-state index contributed by atoms with van der Waals surface area (Å²) in [6.45, 7) is 1.13. The number of aromatic nitrogens is 1. The molecule has 0 N–H and O–H groups in total. The molecule has 0 bridgehead atoms. The van der Waals surface area contributed by atoms with Crippen molar-refractivity contribution in [1.29, 1.82) is 0 Å². The van der Waals surface area contributed by atoms with E-state index in [9.17, 15) is 9.59 Å². The quantitative estimate of drug-likeness (QED) is 0.612. The Hall–Kier alpha value is -3.12. The van der Waals surface area contributed by atoms with E-state index in [1.165, 1.54) is 7.11 Å². The van der Waals surface area contributed by atoms with Crippen molar-refractivity contribution in [3.05, 3.63) is 70.4 Å². The second kappa shape index (κ2) is 8.55. The van der Waals surface area contributed by atoms with Crippen LogP contribution >= 0.6 is 11.6 Å². The maximum Gasteiger partial charge on any atom is 0.257 e. The van der Waals surface area contributed by atoms with Gasteiger partial charge < -0.3 is 14.5 Å². The van der Waals surface area contributed by atoms with Crippen LogP contribution in [0.4, 0.5) is 0 Å². The van der Waals surface area contributed by atoms with Crippen LogP contribution in [0.5, 0.6) is 5.75 Å². The summed E-state index contributed by atoms with van der Waals surface area (Å²) in [5.41, 5.74) is 2.70. The number of hydrogen-bond acceptors (Lipinski definition) is 4. The lowest BCUT2D eigenvalue weighted by Gasteiger charge is -2.19. The molecule has 31 heavy (non-hydrogen) atoms. The van der Waals surface area contributed by atoms with Crippen LogP contribution < -0.4 is 4.74 Å². The Morgan fingerprint density at radius 2 is 1.90 bits per heavy atom. The lowest BCUT2D eigenvalue weighted by molar-refractivity contribution is 0.0785. The molecular formula is C24H24ClN3O3. The highest BCUT2D eigenvalue weighted by molar-refractivity contribution is 6.31. The first-order chi connectivity index (χ1) is 14.9. The summed E-state index contributed by atoms with van der Waals surface area (Å²) >= 11 is 6.10. The number of pyridine rings is 1. The van der Waals surface area contributed by atoms with Crippen LogP contribution in [0.3, 0.4) is 0 Å². The van der Waals surface area contributed by atoms with Crippen LogP contribution in [-0.4, -0.2) is 60.9 Å². The predicted octanol–water partition coefficient (Wildman–Crippen LogP) is 4.23. The minimum atomic E-state index is -0.118. The Kier molecular flexibility index (Phi) is 5.83. The molecule has 2 heterocycles. The van der Waals surface area contributed by atoms with Gasteiger partial charge in [-0.1, -0.05) is 29.8 Å². The van der Waals surface area contributed by atoms with Gasteiger partial charge in [0.25, 0.3) is 11.8 Å². The molecule has 2 amide bonds. The van der Waals surface area contributed by atoms with Gasteiger partial charge >= 0.3 is 0 Å². The highest BCUT2D eigenvalue weighted by atomic mass is 35.5. The number of nitrogens with zero attached hydrogens (tertiary/aromatic N) is 3. The van der Waals surface area contributed by atoms with Crippen LogP contribution in [0.1, 0.15) is 38.7 Å². The maximum atomic E-state index is 13.1. The van der Waals surface area contributed by atoms with Gasteiger partial charge in [-0.2, -0.15) is 0 Å². The lowest BCUT2D eigenvalue weighted by atomic mass is 9.99. The Morgan fingerprint density at radius 1 is 1.13 bits per heavy atom. The van der Waals surface area contributed by atoms with E-state index in [2.05, 4.69) is 0 Å². The van der Waals surface area contributed by atoms with E-state index in [1.54, 1.807) is 42.1 Å². The fraction of sp³-hybridized carbons (Fsp3) is 0.292. The van der Waals surface area contributed by atoms with Crippen molar-refractivity contribution in [3.63, 3.8) is 0 Å². The number of methoxy groups -OCH3 is 1. The number of para-hydroxylation sites is 1. The second-order valence-corrected chi connectivity index (χ2v) is 8.33. The summed E-state index contributed by atoms with van der Waals surface area (Å²) in [5, 5.41) is 1.32. The molecule has 4 rings (SSSR count). The molecule has 0 unspecified atom stereocenters. The van der Waals surface area contributed by atoms with Crippen molar-refractivity contribution < 1.29 is 14.3 Å². The van der Waals surface area contributed by atoms with Gasteiger partial charge in [-0.25, -0.2) is 0 Å². The summed E-state index contributed by atoms with van der Waals surface area (Å²) in [6, 6.07) is 14.6. The molecule has 1 atom stereocenters. The summed E-state index contributed by atoms with van der Waals surface area (Å²) < 4.78 is 5.34. The zero-order valence-electron chi connectivity index (χ0n) is 17.8. The van der Waals surface area contributed by atoms with Crippen LogP contribution in [0.25, 0.3) is 10.9 Å². The van der Waals surface area contributed by atoms with E-state index >= 15 is 0 Å². The van der Waals surface area contributed by atoms with Crippen molar-refractivity contribution in [2.24, 2.45) is 0 Å². The molecule has 1 aliphatic heterocycles. The number of halogens is 1. The number of carbonyl (C=O) groups excluding carboxylic acids is 2. The molecule has 6 nitrogen and oxygen atoms in total. The zero-order chi connectivity index (χ0) is 22.1. The van der Waals surface area contributed by atoms with Crippen molar-refractivity contribution in [2.75, 3.05) is 34.3 Å². The molecule has 0 saturated carbocycles. The Labute approximate surface area is 186 Å². The van der Waals surface area contributed by atoms with Gasteiger partial charge in [0.15, 0.2) is 0 Å². The van der Waals surface area contributed by atoms with Gasteiger partial charge in [-0.3, -0.25) is 14.6 Å². The van der Waals surface area contributed by atoms with Gasteiger partial charge in [0.2, 0.25) is 0 Å². The van der Waals surface area contributed by atoms with Crippen molar-refractivity contribution >= 4 is 34.3 Å². The lowest BCUT2D eigenvalue weighted by Crippen LogP contribution is -2.29. The highest BCUT2D eigenvalue weighted by Gasteiger charge is 2.31. The molecule has 7 heteroatoms. The first-order valence-electron chi connectivity index (χ1n) is 10.1. The predicted molar refractivity (Wildman–Crippen MR) is 121 cm³/mol. The van der Waals surface area contributed by atoms with Crippen molar-refractivity contribution in [3.8, 4) is 5.75 Å². The standard InChI is InChI=1S/C24H24ClN3O3/c1-27(2)23(29)18-13-21(26-20-7-5-4-6-17(18)20)15-10-11-28(14-15)24(30)19-12-16(25)8-9-22(19)31-3/h4-9,12-13,15H,10-11,14H2,1-3H3/t15-/m0/s1. The van der Waals surface area contributed by atoms with E-state index in [0.717, 1.165) is 23.0 Å². The summed E-state index contributed by atoms with van der Waals surface area (Å²) in [6.07, 6.45) is 0.773. The Morgan fingerprint density at radius 3 is 2.65 bits per heavy atom. The monoisotopic (exact) mass is 437 g/mol. The molecule has 1 aromatic heterocycles. The molecular weight excluding hydrogens is 414 g/mol. The molecule has 1 aliphatic rings. The molecule has 1 saturated heterocycles. The van der Waals surface area contributed by atoms with Gasteiger partial charge in [-0.15, -0.1) is 0 Å². The van der Waals surface area contributed by atoms with E-state index in [1.807, 2.05) is 30.3 Å². The summed E-state index contributed by atoms with van der Waals surface area (Å²) in [5.74, 6) is 0.370. The molecule has 3 aromatic rings. The van der Waals surface area contributed by atoms with Gasteiger partial charge in [-0.05, 0) is 36.8 Å². The maximum absolute atomic E-state index is 13.1. The molecule has 0 aliphatic carbocycles. The smallest absolute Gasteiger partial charge is 0.257 e. The average Bonchev–Trinajstić information content (AvgIpc) is 3.27. The molecule has 0 spiro atoms. The minimum Gasteiger partial charge on any atom is -0.496 e. The summed E-state index contributed by atoms with van der Waals surface area (Å²) in [7, 11) is 5.02. The fourth-order valence-electron chi connectivity index (χ4n) is 4.03. The SMILES string of the molecule is COc1ccc(Cl)cc1C(=O)N1CC[C@H](c2cc(C(=O)N(C)C)c3ccccc3n2)C1. The third-order valence-electron chi connectivity index (χ3n) is 5.66. The Bertz CT molecular complexity index is 1160. The number of amides is 2. The summed E-state index contributed by atoms with van der Waals surface area (Å²) in [4.78, 5) is 34.1. The largest absolute Gasteiger partial charge is 0.496 e. The number of ether oxygens (including phenoxy) is 1. The Balaban J connectivity index is 1.65. The molecule has 2 aromatic carbocycles. The number of benzene rings is 2. The number of carbonyl (C=O) groups is 2. The van der Waals surface area contributed by atoms with Crippen LogP contribution in [-0.2, 0) is 0 Å². The number of fused-ring (bicyclic) bond motifs is 1. The molecule has 0 radical (unpaired) electrons. The number of hydrogen-bond donors (Lipinski definition) is 0. The third kappa shape index (κ3) is 4.08. The second-order valence-electron chi connectivity index (χ2n) is 7.89. The van der Waals surface area contributed by atoms with Gasteiger partial charge in [0.1, 0.15) is 5.75 Å². The average molecular weight is 438 g/mol. The van der Waals surface area contributed by atoms with Crippen LogP contribution in [0.2, 0.25) is 5.02 Å². The number of rotatable bonds is 4. The van der Waals surface area contributed by atoms with Gasteiger partial charge in [0.05, 0.1) is 23.8 Å². The van der Waals surface area contributed by atoms with Crippen molar-refractivity contribution in [1.82, 2.24) is 14.8 Å². The van der Waals surface area contributed by atoms with E-state index in [-0.39, 0.29) is 17.7 Å². The minimum absolute atomic E-state index is 0.0486. The van der Waals surface area contributed by atoms with Gasteiger partial charge in [0, 0.05) is 49.2 Å². The fourth-order valence-corrected chi connectivity index (χ4v) is 4.20. The van der Waals surface area contributed by atoms with E-state index in [0.29, 0.717) is 35.0 Å². The third-order valence-corrected chi connectivity index (χ3v) is 5.89. The first kappa shape index (κ1) is 21.1. The van der Waals surface area contributed by atoms with E-state index in [4.69, 9.17) is 21.3 Å². The zero-order valence-corrected chi connectivity index (χ0v) is 18.5. The highest BCUT2D eigenvalue weighted by Crippen LogP contribution is 2.32. The first-order valence-corrected chi connectivity index (χ1v) is 10.5. The van der Waals surface area contributed by atoms with E-state index < -0.39 is 0 Å². The van der Waals surface area contributed by atoms with Crippen LogP contribution in [0.15, 0.2) is 48.5 Å². The number of likely N-dealkylation sites (tertiary alicyclic amines) is 1. The normalized spacial score (nSPS) is 15.9. The molecule has 1 fully saturated rings. The van der Waals surface area contributed by atoms with Crippen molar-refractivity contribution in [2.45, 2.75) is 12.3 Å². The molecule has 160 valence electrons.